The first kappa shape index (κ1) is 23.6. The van der Waals surface area contributed by atoms with Crippen molar-refractivity contribution in [3.8, 4) is 0 Å². The molecule has 0 aliphatic rings. The Hall–Kier alpha value is -0.0605. The molecule has 75 valence electrons. The van der Waals surface area contributed by atoms with Gasteiger partial charge in [-0.05, 0) is 25.0 Å². The normalized spacial score (nSPS) is 6.43. The average molecular weight is 249 g/mol. The number of hydrogen-bond acceptors (Lipinski definition) is 4. The molecule has 0 bridgehead atoms. The molecule has 0 saturated carbocycles. The van der Waals surface area contributed by atoms with Crippen LogP contribution in [0.1, 0.15) is 15.3 Å². The van der Waals surface area contributed by atoms with Crippen LogP contribution in [0.15, 0.2) is 24.3 Å². The molecule has 0 aliphatic carbocycles. The molecule has 0 amide bonds. The quantitative estimate of drug-likeness (QED) is 0.366. The molecule has 0 heterocycles. The van der Waals surface area contributed by atoms with Crippen molar-refractivity contribution in [3.63, 3.8) is 0 Å². The molecule has 0 aliphatic heterocycles. The zero-order valence-corrected chi connectivity index (χ0v) is 11.6. The van der Waals surface area contributed by atoms with Crippen molar-refractivity contribution >= 4 is 11.9 Å². The number of carbonyl (C=O) groups excluding carboxylic acids is 2. The summed E-state index contributed by atoms with van der Waals surface area (Å²) in [6.07, 6.45) is 0. The third-order valence-electron chi connectivity index (χ3n) is 0.697. The molecular weight excluding hydrogens is 238 g/mol. The third-order valence-corrected chi connectivity index (χ3v) is 0.697. The first-order chi connectivity index (χ1) is 5.29. The van der Waals surface area contributed by atoms with E-state index in [4.69, 9.17) is 0 Å². The van der Waals surface area contributed by atoms with Crippen LogP contribution in [0, 0.1) is 0 Å². The number of aliphatic carboxylic acids is 2. The Balaban J connectivity index is -0.0000000370. The van der Waals surface area contributed by atoms with Gasteiger partial charge in [0.25, 0.3) is 0 Å². The van der Waals surface area contributed by atoms with E-state index >= 15 is 0 Å². The van der Waals surface area contributed by atoms with Crippen LogP contribution in [0.2, 0.25) is 0 Å². The summed E-state index contributed by atoms with van der Waals surface area (Å²) in [5, 5.41) is 19.0. The van der Waals surface area contributed by atoms with Crippen LogP contribution < -0.4 is 39.8 Å². The van der Waals surface area contributed by atoms with Crippen LogP contribution in [-0.2, 0) is 26.7 Å². The summed E-state index contributed by atoms with van der Waals surface area (Å²) in [5.41, 5.74) is 0.130. The Morgan fingerprint density at radius 3 is 1.07 bits per heavy atom. The van der Waals surface area contributed by atoms with E-state index in [1.165, 1.54) is 13.8 Å². The van der Waals surface area contributed by atoms with E-state index in [1.54, 1.807) is 0 Å². The standard InChI is InChI=1S/2C4H6O2.Mn.Na.H/c2*1-3(2)4(5)6;;;/h2*1H2,2H3,(H,5,6);;;/q;;+2;+1;-1/p-2. The molecule has 0 rings (SSSR count). The minimum Gasteiger partial charge on any atom is -1.00 e. The summed E-state index contributed by atoms with van der Waals surface area (Å²) in [6, 6.07) is 0. The average Bonchev–Trinajstić information content (AvgIpc) is 1.88. The molecule has 0 fully saturated rings. The molecule has 0 spiro atoms. The summed E-state index contributed by atoms with van der Waals surface area (Å²) in [7, 11) is 0. The first-order valence-corrected chi connectivity index (χ1v) is 3.02. The van der Waals surface area contributed by atoms with Crippen molar-refractivity contribution in [2.75, 3.05) is 0 Å². The molecule has 0 aromatic carbocycles. The number of hydrogen-bond donors (Lipinski definition) is 0. The maximum atomic E-state index is 9.49. The summed E-state index contributed by atoms with van der Waals surface area (Å²) < 4.78 is 0. The molecular formula is C8H11MnNaO4. The van der Waals surface area contributed by atoms with Gasteiger partial charge in [-0.2, -0.15) is 0 Å². The van der Waals surface area contributed by atoms with Crippen LogP contribution in [0.4, 0.5) is 0 Å². The Morgan fingerprint density at radius 1 is 1.00 bits per heavy atom. The van der Waals surface area contributed by atoms with E-state index in [2.05, 4.69) is 13.2 Å². The molecule has 0 atom stereocenters. The minimum absolute atomic E-state index is 0. The Morgan fingerprint density at radius 2 is 1.07 bits per heavy atom. The first-order valence-electron chi connectivity index (χ1n) is 3.02. The van der Waals surface area contributed by atoms with E-state index < -0.39 is 11.9 Å². The fourth-order valence-electron chi connectivity index (χ4n) is 0. The molecule has 14 heavy (non-hydrogen) atoms. The molecule has 0 saturated heterocycles. The molecule has 0 N–H and O–H groups in total. The number of carbonyl (C=O) groups is 2. The van der Waals surface area contributed by atoms with Crippen molar-refractivity contribution < 1.29 is 67.9 Å². The number of carboxylic acids is 2. The summed E-state index contributed by atoms with van der Waals surface area (Å²) in [5.74, 6) is -2.37. The van der Waals surface area contributed by atoms with Crippen molar-refractivity contribution in [1.82, 2.24) is 0 Å². The Bertz CT molecular complexity index is 183. The van der Waals surface area contributed by atoms with Gasteiger partial charge in [-0.25, -0.2) is 0 Å². The monoisotopic (exact) mass is 249 g/mol. The van der Waals surface area contributed by atoms with E-state index in [-0.39, 0.29) is 59.2 Å². The van der Waals surface area contributed by atoms with E-state index in [9.17, 15) is 19.8 Å². The molecule has 6 heteroatoms. The van der Waals surface area contributed by atoms with Gasteiger partial charge in [0, 0.05) is 0 Å². The summed E-state index contributed by atoms with van der Waals surface area (Å²) >= 11 is 0. The van der Waals surface area contributed by atoms with E-state index in [0.717, 1.165) is 0 Å². The molecule has 1 radical (unpaired) electrons. The van der Waals surface area contributed by atoms with Crippen LogP contribution in [0.5, 0.6) is 0 Å². The minimum atomic E-state index is -1.19. The topological polar surface area (TPSA) is 80.3 Å². The van der Waals surface area contributed by atoms with Crippen molar-refractivity contribution in [3.05, 3.63) is 24.3 Å². The molecule has 4 nitrogen and oxygen atoms in total. The number of rotatable bonds is 2. The number of carboxylic acid groups (broad SMARTS) is 2. The van der Waals surface area contributed by atoms with E-state index in [0.29, 0.717) is 0 Å². The fourth-order valence-corrected chi connectivity index (χ4v) is 0. The third kappa shape index (κ3) is 22.7. The second kappa shape index (κ2) is 12.9. The molecule has 0 aromatic rings. The van der Waals surface area contributed by atoms with Crippen LogP contribution in [-0.4, -0.2) is 11.9 Å². The van der Waals surface area contributed by atoms with Gasteiger partial charge < -0.3 is 21.2 Å². The predicted octanol–water partition coefficient (Wildman–Crippen LogP) is -4.26. The molecule has 0 aromatic heterocycles. The zero-order valence-electron chi connectivity index (χ0n) is 9.43. The predicted molar refractivity (Wildman–Crippen MR) is 40.8 cm³/mol. The maximum absolute atomic E-state index is 9.49. The van der Waals surface area contributed by atoms with Gasteiger partial charge in [0.1, 0.15) is 0 Å². The SMILES string of the molecule is C=C(C)C(=O)[O-].C=C(C)C(=O)[O-].[H-].[Mn+2].[Na+]. The second-order valence-corrected chi connectivity index (χ2v) is 2.14. The van der Waals surface area contributed by atoms with Crippen LogP contribution >= 0.6 is 0 Å². The van der Waals surface area contributed by atoms with Crippen molar-refractivity contribution in [2.45, 2.75) is 13.8 Å². The van der Waals surface area contributed by atoms with Gasteiger partial charge in [0.05, 0.1) is 11.9 Å². The Labute approximate surface area is 117 Å². The summed E-state index contributed by atoms with van der Waals surface area (Å²) in [4.78, 5) is 19.0. The maximum Gasteiger partial charge on any atom is 2.00 e. The smallest absolute Gasteiger partial charge is 1.00 e. The molecule has 0 unspecified atom stereocenters. The van der Waals surface area contributed by atoms with Gasteiger partial charge in [0.2, 0.25) is 0 Å². The van der Waals surface area contributed by atoms with Crippen molar-refractivity contribution in [1.29, 1.82) is 0 Å². The van der Waals surface area contributed by atoms with Gasteiger partial charge in [-0.15, -0.1) is 0 Å². The summed E-state index contributed by atoms with van der Waals surface area (Å²) in [6.45, 7) is 8.95. The van der Waals surface area contributed by atoms with Gasteiger partial charge >= 0.3 is 46.6 Å². The van der Waals surface area contributed by atoms with Gasteiger partial charge in [-0.1, -0.05) is 13.2 Å². The Kier molecular flexibility index (Phi) is 21.8. The van der Waals surface area contributed by atoms with Crippen LogP contribution in [0.25, 0.3) is 0 Å². The van der Waals surface area contributed by atoms with E-state index in [1.807, 2.05) is 0 Å². The fraction of sp³-hybridized carbons (Fsp3) is 0.250. The van der Waals surface area contributed by atoms with Crippen molar-refractivity contribution in [2.24, 2.45) is 0 Å². The van der Waals surface area contributed by atoms with Crippen LogP contribution in [0.3, 0.4) is 0 Å². The van der Waals surface area contributed by atoms with Gasteiger partial charge in [-0.3, -0.25) is 0 Å². The second-order valence-electron chi connectivity index (χ2n) is 2.14. The zero-order chi connectivity index (χ0) is 10.3. The largest absolute Gasteiger partial charge is 2.00 e. The van der Waals surface area contributed by atoms with Gasteiger partial charge in [0.15, 0.2) is 0 Å².